The van der Waals surface area contributed by atoms with Crippen LogP contribution in [0.1, 0.15) is 58.6 Å². The summed E-state index contributed by atoms with van der Waals surface area (Å²) in [6, 6.07) is 2.01. The molecule has 27 heavy (non-hydrogen) atoms. The zero-order valence-electron chi connectivity index (χ0n) is 15.9. The largest absolute Gasteiger partial charge is 0.481 e. The summed E-state index contributed by atoms with van der Waals surface area (Å²) in [5, 5.41) is 9.18. The number of carbonyl (C=O) groups is 3. The van der Waals surface area contributed by atoms with Crippen molar-refractivity contribution in [3.63, 3.8) is 0 Å². The van der Waals surface area contributed by atoms with Crippen LogP contribution in [-0.4, -0.2) is 59.4 Å². The van der Waals surface area contributed by atoms with E-state index in [9.17, 15) is 19.5 Å². The molecule has 1 N–H and O–H groups in total. The van der Waals surface area contributed by atoms with Crippen LogP contribution in [0.4, 0.5) is 0 Å². The van der Waals surface area contributed by atoms with E-state index in [1.807, 2.05) is 6.07 Å². The number of carboxylic acids is 1. The quantitative estimate of drug-likeness (QED) is 0.855. The number of nitrogens with zero attached hydrogens (tertiary/aromatic N) is 2. The molecule has 7 heteroatoms. The van der Waals surface area contributed by atoms with Gasteiger partial charge in [0.05, 0.1) is 17.3 Å². The topological polar surface area (TPSA) is 77.9 Å². The Morgan fingerprint density at radius 1 is 1.19 bits per heavy atom. The lowest BCUT2D eigenvalue weighted by Crippen LogP contribution is -2.46. The number of amides is 2. The molecule has 1 aliphatic heterocycles. The lowest BCUT2D eigenvalue weighted by atomic mass is 9.98. The van der Waals surface area contributed by atoms with E-state index in [1.54, 1.807) is 23.3 Å². The third kappa shape index (κ3) is 4.89. The van der Waals surface area contributed by atoms with E-state index in [2.05, 4.69) is 0 Å². The van der Waals surface area contributed by atoms with Crippen molar-refractivity contribution in [2.45, 2.75) is 51.4 Å². The van der Waals surface area contributed by atoms with E-state index in [4.69, 9.17) is 0 Å². The predicted molar refractivity (Wildman–Crippen MR) is 104 cm³/mol. The Morgan fingerprint density at radius 2 is 1.93 bits per heavy atom. The highest BCUT2D eigenvalue weighted by Gasteiger charge is 2.29. The minimum absolute atomic E-state index is 0.00621. The van der Waals surface area contributed by atoms with Gasteiger partial charge >= 0.3 is 5.97 Å². The van der Waals surface area contributed by atoms with Crippen LogP contribution >= 0.6 is 11.3 Å². The SMILES string of the molecule is CN(CC(=O)N1CCCC(C(=O)O)C1)C(=O)c1cc2c(s1)CCCCCC2. The zero-order chi connectivity index (χ0) is 19.4. The maximum absolute atomic E-state index is 12.8. The molecular weight excluding hydrogens is 364 g/mol. The summed E-state index contributed by atoms with van der Waals surface area (Å²) in [6.45, 7) is 0.801. The number of carboxylic acid groups (broad SMARTS) is 1. The van der Waals surface area contributed by atoms with Crippen molar-refractivity contribution in [1.29, 1.82) is 0 Å². The summed E-state index contributed by atoms with van der Waals surface area (Å²) in [5.74, 6) is -1.65. The normalized spacial score (nSPS) is 20.3. The Bertz CT molecular complexity index is 689. The van der Waals surface area contributed by atoms with E-state index in [1.165, 1.54) is 41.0 Å². The molecule has 148 valence electrons. The van der Waals surface area contributed by atoms with Crippen molar-refractivity contribution in [3.05, 3.63) is 21.4 Å². The van der Waals surface area contributed by atoms with Crippen molar-refractivity contribution in [2.24, 2.45) is 5.92 Å². The molecule has 1 aromatic rings. The predicted octanol–water partition coefficient (Wildman–Crippen LogP) is 2.80. The molecule has 1 atom stereocenters. The summed E-state index contributed by atoms with van der Waals surface area (Å²) >= 11 is 1.57. The highest BCUT2D eigenvalue weighted by molar-refractivity contribution is 7.14. The van der Waals surface area contributed by atoms with Crippen molar-refractivity contribution in [3.8, 4) is 0 Å². The molecule has 3 rings (SSSR count). The minimum atomic E-state index is -0.854. The molecule has 1 fully saturated rings. The summed E-state index contributed by atoms with van der Waals surface area (Å²) in [5.41, 5.74) is 1.29. The Morgan fingerprint density at radius 3 is 2.67 bits per heavy atom. The minimum Gasteiger partial charge on any atom is -0.481 e. The summed E-state index contributed by atoms with van der Waals surface area (Å²) in [4.78, 5) is 41.6. The molecule has 1 unspecified atom stereocenters. The Balaban J connectivity index is 1.61. The van der Waals surface area contributed by atoms with Crippen LogP contribution < -0.4 is 0 Å². The van der Waals surface area contributed by atoms with E-state index in [0.29, 0.717) is 24.3 Å². The first-order chi connectivity index (χ1) is 13.0. The van der Waals surface area contributed by atoms with Crippen LogP contribution in [0, 0.1) is 5.92 Å². The van der Waals surface area contributed by atoms with Gasteiger partial charge in [0.1, 0.15) is 0 Å². The van der Waals surface area contributed by atoms with Gasteiger partial charge in [-0.3, -0.25) is 14.4 Å². The van der Waals surface area contributed by atoms with Crippen LogP contribution in [0.3, 0.4) is 0 Å². The van der Waals surface area contributed by atoms with Gasteiger partial charge in [-0.05, 0) is 50.2 Å². The van der Waals surface area contributed by atoms with Crippen LogP contribution in [-0.2, 0) is 22.4 Å². The number of likely N-dealkylation sites (tertiary alicyclic amines) is 1. The van der Waals surface area contributed by atoms with E-state index in [0.717, 1.165) is 12.8 Å². The Labute approximate surface area is 164 Å². The first kappa shape index (κ1) is 19.9. The lowest BCUT2D eigenvalue weighted by Gasteiger charge is -2.31. The van der Waals surface area contributed by atoms with Crippen molar-refractivity contribution in [2.75, 3.05) is 26.7 Å². The van der Waals surface area contributed by atoms with Gasteiger partial charge in [0.25, 0.3) is 5.91 Å². The monoisotopic (exact) mass is 392 g/mol. The number of carbonyl (C=O) groups excluding carboxylic acids is 2. The van der Waals surface area contributed by atoms with Crippen molar-refractivity contribution in [1.82, 2.24) is 9.80 Å². The average Bonchev–Trinajstić information content (AvgIpc) is 3.03. The van der Waals surface area contributed by atoms with E-state index >= 15 is 0 Å². The number of aliphatic carboxylic acids is 1. The second-order valence-corrected chi connectivity index (χ2v) is 8.79. The fourth-order valence-electron chi connectivity index (χ4n) is 3.92. The van der Waals surface area contributed by atoms with E-state index < -0.39 is 11.9 Å². The van der Waals surface area contributed by atoms with Crippen LogP contribution in [0.15, 0.2) is 6.07 Å². The standard InChI is InChI=1S/C20H28N2O4S/c1-21(13-18(23)22-10-6-8-15(12-22)20(25)26)19(24)17-11-14-7-4-2-3-5-9-16(14)27-17/h11,15H,2-10,12-13H2,1H3,(H,25,26). The third-order valence-electron chi connectivity index (χ3n) is 5.55. The van der Waals surface area contributed by atoms with Crippen LogP contribution in [0.5, 0.6) is 0 Å². The molecule has 1 saturated heterocycles. The number of fused-ring (bicyclic) bond motifs is 1. The maximum Gasteiger partial charge on any atom is 0.308 e. The molecule has 6 nitrogen and oxygen atoms in total. The van der Waals surface area contributed by atoms with Gasteiger partial charge in [-0.1, -0.05) is 12.8 Å². The van der Waals surface area contributed by atoms with Crippen molar-refractivity contribution >= 4 is 29.1 Å². The van der Waals surface area contributed by atoms with Gasteiger partial charge in [0.2, 0.25) is 5.91 Å². The molecule has 1 aromatic heterocycles. The average molecular weight is 393 g/mol. The number of rotatable bonds is 4. The second kappa shape index (κ2) is 8.87. The van der Waals surface area contributed by atoms with Crippen LogP contribution in [0.25, 0.3) is 0 Å². The van der Waals surface area contributed by atoms with Crippen molar-refractivity contribution < 1.29 is 19.5 Å². The first-order valence-corrected chi connectivity index (χ1v) is 10.6. The molecule has 2 heterocycles. The number of hydrogen-bond donors (Lipinski definition) is 1. The number of hydrogen-bond acceptors (Lipinski definition) is 4. The number of aryl methyl sites for hydroxylation is 2. The van der Waals surface area contributed by atoms with E-state index in [-0.39, 0.29) is 24.9 Å². The molecule has 2 aliphatic rings. The molecule has 0 spiro atoms. The molecule has 0 aromatic carbocycles. The number of likely N-dealkylation sites (N-methyl/N-ethyl adjacent to an activating group) is 1. The molecule has 0 bridgehead atoms. The highest BCUT2D eigenvalue weighted by atomic mass is 32.1. The fourth-order valence-corrected chi connectivity index (χ4v) is 5.17. The first-order valence-electron chi connectivity index (χ1n) is 9.83. The molecule has 2 amide bonds. The number of thiophene rings is 1. The number of piperidine rings is 1. The highest BCUT2D eigenvalue weighted by Crippen LogP contribution is 2.29. The second-order valence-electron chi connectivity index (χ2n) is 7.65. The van der Waals surface area contributed by atoms with Gasteiger partial charge in [0, 0.05) is 25.0 Å². The van der Waals surface area contributed by atoms with Crippen LogP contribution in [0.2, 0.25) is 0 Å². The molecule has 0 saturated carbocycles. The Hall–Kier alpha value is -1.89. The summed E-state index contributed by atoms with van der Waals surface area (Å²) in [6.07, 6.45) is 8.22. The molecular formula is C20H28N2O4S. The summed E-state index contributed by atoms with van der Waals surface area (Å²) < 4.78 is 0. The van der Waals surface area contributed by atoms with Gasteiger partial charge in [-0.25, -0.2) is 0 Å². The maximum atomic E-state index is 12.8. The molecule has 0 radical (unpaired) electrons. The van der Waals surface area contributed by atoms with Gasteiger partial charge < -0.3 is 14.9 Å². The fraction of sp³-hybridized carbons (Fsp3) is 0.650. The third-order valence-corrected chi connectivity index (χ3v) is 6.77. The zero-order valence-corrected chi connectivity index (χ0v) is 16.7. The smallest absolute Gasteiger partial charge is 0.308 e. The van der Waals surface area contributed by atoms with Gasteiger partial charge in [-0.2, -0.15) is 0 Å². The lowest BCUT2D eigenvalue weighted by molar-refractivity contribution is -0.145. The van der Waals surface area contributed by atoms with Gasteiger partial charge in [0.15, 0.2) is 0 Å². The Kier molecular flexibility index (Phi) is 6.52. The summed E-state index contributed by atoms with van der Waals surface area (Å²) in [7, 11) is 1.65. The molecule has 1 aliphatic carbocycles. The van der Waals surface area contributed by atoms with Gasteiger partial charge in [-0.15, -0.1) is 11.3 Å².